The summed E-state index contributed by atoms with van der Waals surface area (Å²) in [5.41, 5.74) is 0.390. The van der Waals surface area contributed by atoms with Gasteiger partial charge in [-0.2, -0.15) is 0 Å². The van der Waals surface area contributed by atoms with E-state index in [1.54, 1.807) is 6.07 Å². The molecule has 76 valence electrons. The van der Waals surface area contributed by atoms with Gasteiger partial charge in [-0.1, -0.05) is 0 Å². The van der Waals surface area contributed by atoms with Crippen molar-refractivity contribution in [2.24, 2.45) is 0 Å². The summed E-state index contributed by atoms with van der Waals surface area (Å²) in [7, 11) is 2.83. The second-order valence-electron chi connectivity index (χ2n) is 2.46. The maximum atomic E-state index is 10.2. The zero-order valence-electron chi connectivity index (χ0n) is 7.90. The molecule has 0 saturated heterocycles. The first-order chi connectivity index (χ1) is 6.74. The molecule has 5 nitrogen and oxygen atoms in total. The molecule has 0 fully saturated rings. The predicted molar refractivity (Wildman–Crippen MR) is 50.9 cm³/mol. The van der Waals surface area contributed by atoms with Gasteiger partial charge in [0.15, 0.2) is 11.5 Å². The Bertz CT molecular complexity index is 338. The minimum atomic E-state index is -0.137. The van der Waals surface area contributed by atoms with E-state index in [0.29, 0.717) is 17.8 Å². The van der Waals surface area contributed by atoms with Crippen LogP contribution >= 0.6 is 0 Å². The number of carbonyl (C=O) groups excluding carboxylic acids is 1. The highest BCUT2D eigenvalue weighted by Gasteiger charge is 2.12. The van der Waals surface area contributed by atoms with Crippen LogP contribution in [0.4, 0.5) is 5.69 Å². The smallest absolute Gasteiger partial charge is 0.211 e. The van der Waals surface area contributed by atoms with E-state index in [1.807, 2.05) is 0 Å². The van der Waals surface area contributed by atoms with Gasteiger partial charge in [0, 0.05) is 0 Å². The van der Waals surface area contributed by atoms with E-state index in [-0.39, 0.29) is 11.5 Å². The molecule has 0 aliphatic rings. The van der Waals surface area contributed by atoms with Gasteiger partial charge in [0.05, 0.1) is 19.9 Å². The van der Waals surface area contributed by atoms with Crippen LogP contribution in [0, 0.1) is 0 Å². The van der Waals surface area contributed by atoms with Gasteiger partial charge >= 0.3 is 0 Å². The summed E-state index contributed by atoms with van der Waals surface area (Å²) < 4.78 is 9.79. The standard InChI is InChI=1S/C9H11NO4/c1-13-7-4-3-6(10-5-11)9(14-2)8(7)12/h3-5,12H,1-2H3,(H,10,11). The number of amides is 1. The zero-order valence-corrected chi connectivity index (χ0v) is 7.90. The van der Waals surface area contributed by atoms with E-state index >= 15 is 0 Å². The first kappa shape index (κ1) is 10.2. The molecule has 0 bridgehead atoms. The van der Waals surface area contributed by atoms with Crippen molar-refractivity contribution in [2.45, 2.75) is 0 Å². The number of ether oxygens (including phenoxy) is 2. The molecular formula is C9H11NO4. The number of aromatic hydroxyl groups is 1. The molecule has 0 aromatic heterocycles. The molecule has 1 amide bonds. The first-order valence-corrected chi connectivity index (χ1v) is 3.88. The molecule has 0 spiro atoms. The SMILES string of the molecule is COc1ccc(NC=O)c(OC)c1O. The quantitative estimate of drug-likeness (QED) is 0.706. The Kier molecular flexibility index (Phi) is 3.17. The average molecular weight is 197 g/mol. The summed E-state index contributed by atoms with van der Waals surface area (Å²) in [4.78, 5) is 10.2. The van der Waals surface area contributed by atoms with Crippen molar-refractivity contribution in [1.29, 1.82) is 0 Å². The Morgan fingerprint density at radius 1 is 1.36 bits per heavy atom. The van der Waals surface area contributed by atoms with Crippen molar-refractivity contribution in [2.75, 3.05) is 19.5 Å². The number of phenolic OH excluding ortho intramolecular Hbond substituents is 1. The minimum absolute atomic E-state index is 0.137. The van der Waals surface area contributed by atoms with Gasteiger partial charge < -0.3 is 19.9 Å². The van der Waals surface area contributed by atoms with Gasteiger partial charge in [0.25, 0.3) is 0 Å². The number of methoxy groups -OCH3 is 2. The largest absolute Gasteiger partial charge is 0.502 e. The van der Waals surface area contributed by atoms with E-state index in [1.165, 1.54) is 20.3 Å². The Morgan fingerprint density at radius 3 is 2.57 bits per heavy atom. The molecule has 14 heavy (non-hydrogen) atoms. The highest BCUT2D eigenvalue weighted by molar-refractivity contribution is 5.78. The Hall–Kier alpha value is -1.91. The molecule has 1 aromatic rings. The Morgan fingerprint density at radius 2 is 2.07 bits per heavy atom. The van der Waals surface area contributed by atoms with Crippen LogP contribution in [0.1, 0.15) is 0 Å². The third kappa shape index (κ3) is 1.71. The lowest BCUT2D eigenvalue weighted by molar-refractivity contribution is -0.105. The van der Waals surface area contributed by atoms with E-state index < -0.39 is 0 Å². The van der Waals surface area contributed by atoms with Crippen molar-refractivity contribution in [1.82, 2.24) is 0 Å². The lowest BCUT2D eigenvalue weighted by atomic mass is 10.2. The fraction of sp³-hybridized carbons (Fsp3) is 0.222. The van der Waals surface area contributed by atoms with E-state index in [0.717, 1.165) is 0 Å². The summed E-state index contributed by atoms with van der Waals surface area (Å²) in [6.45, 7) is 0. The Balaban J connectivity index is 3.20. The number of hydrogen-bond acceptors (Lipinski definition) is 4. The summed E-state index contributed by atoms with van der Waals surface area (Å²) in [5, 5.41) is 12.0. The minimum Gasteiger partial charge on any atom is -0.502 e. The van der Waals surface area contributed by atoms with Crippen molar-refractivity contribution < 1.29 is 19.4 Å². The van der Waals surface area contributed by atoms with Crippen molar-refractivity contribution in [3.63, 3.8) is 0 Å². The van der Waals surface area contributed by atoms with Crippen LogP contribution in [0.2, 0.25) is 0 Å². The maximum absolute atomic E-state index is 10.2. The zero-order chi connectivity index (χ0) is 10.6. The van der Waals surface area contributed by atoms with Gasteiger partial charge in [0.1, 0.15) is 0 Å². The second-order valence-corrected chi connectivity index (χ2v) is 2.46. The molecule has 0 heterocycles. The maximum Gasteiger partial charge on any atom is 0.211 e. The number of benzene rings is 1. The highest BCUT2D eigenvalue weighted by Crippen LogP contribution is 2.41. The van der Waals surface area contributed by atoms with Gasteiger partial charge in [-0.05, 0) is 12.1 Å². The van der Waals surface area contributed by atoms with E-state index in [4.69, 9.17) is 9.47 Å². The lowest BCUT2D eigenvalue weighted by Crippen LogP contribution is -1.98. The average Bonchev–Trinajstić information content (AvgIpc) is 2.19. The number of carbonyl (C=O) groups is 1. The molecule has 1 aromatic carbocycles. The molecule has 1 rings (SSSR count). The second kappa shape index (κ2) is 4.36. The summed E-state index contributed by atoms with van der Waals surface area (Å²) in [6.07, 6.45) is 0.504. The van der Waals surface area contributed by atoms with Crippen LogP contribution in [0.25, 0.3) is 0 Å². The van der Waals surface area contributed by atoms with Crippen molar-refractivity contribution >= 4 is 12.1 Å². The number of hydrogen-bond donors (Lipinski definition) is 2. The monoisotopic (exact) mass is 197 g/mol. The number of anilines is 1. The Labute approximate surface area is 81.3 Å². The van der Waals surface area contributed by atoms with Crippen LogP contribution in [-0.4, -0.2) is 25.7 Å². The molecule has 0 aliphatic carbocycles. The normalized spacial score (nSPS) is 9.29. The summed E-state index contributed by atoms with van der Waals surface area (Å²) >= 11 is 0. The first-order valence-electron chi connectivity index (χ1n) is 3.88. The molecule has 0 radical (unpaired) electrons. The van der Waals surface area contributed by atoms with Crippen LogP contribution in [0.15, 0.2) is 12.1 Å². The fourth-order valence-corrected chi connectivity index (χ4v) is 1.10. The highest BCUT2D eigenvalue weighted by atomic mass is 16.5. The van der Waals surface area contributed by atoms with Crippen LogP contribution in [0.3, 0.4) is 0 Å². The number of rotatable bonds is 4. The third-order valence-corrected chi connectivity index (χ3v) is 1.73. The van der Waals surface area contributed by atoms with Gasteiger partial charge in [0.2, 0.25) is 12.2 Å². The topological polar surface area (TPSA) is 67.8 Å². The summed E-state index contributed by atoms with van der Waals surface area (Å²) in [5.74, 6) is 0.330. The summed E-state index contributed by atoms with van der Waals surface area (Å²) in [6, 6.07) is 3.11. The van der Waals surface area contributed by atoms with E-state index in [9.17, 15) is 9.90 Å². The van der Waals surface area contributed by atoms with Gasteiger partial charge in [-0.3, -0.25) is 4.79 Å². The number of phenols is 1. The molecule has 0 unspecified atom stereocenters. The lowest BCUT2D eigenvalue weighted by Gasteiger charge is -2.11. The molecule has 0 saturated carbocycles. The third-order valence-electron chi connectivity index (χ3n) is 1.73. The van der Waals surface area contributed by atoms with Crippen molar-refractivity contribution in [3.05, 3.63) is 12.1 Å². The van der Waals surface area contributed by atoms with E-state index in [2.05, 4.69) is 5.32 Å². The van der Waals surface area contributed by atoms with Gasteiger partial charge in [-0.25, -0.2) is 0 Å². The molecule has 0 atom stereocenters. The predicted octanol–water partition coefficient (Wildman–Crippen LogP) is 0.978. The van der Waals surface area contributed by atoms with Crippen LogP contribution in [0.5, 0.6) is 17.2 Å². The molecule has 2 N–H and O–H groups in total. The van der Waals surface area contributed by atoms with Crippen molar-refractivity contribution in [3.8, 4) is 17.2 Å². The fourth-order valence-electron chi connectivity index (χ4n) is 1.10. The molecule has 5 heteroatoms. The number of nitrogens with one attached hydrogen (secondary N) is 1. The molecule has 0 aliphatic heterocycles. The van der Waals surface area contributed by atoms with Crippen LogP contribution in [-0.2, 0) is 4.79 Å². The molecular weight excluding hydrogens is 186 g/mol. The van der Waals surface area contributed by atoms with Crippen LogP contribution < -0.4 is 14.8 Å². The van der Waals surface area contributed by atoms with Gasteiger partial charge in [-0.15, -0.1) is 0 Å².